The highest BCUT2D eigenvalue weighted by Gasteiger charge is 2.40. The molecule has 0 saturated carbocycles. The molecule has 2 atom stereocenters. The van der Waals surface area contributed by atoms with Crippen molar-refractivity contribution in [1.29, 1.82) is 0 Å². The van der Waals surface area contributed by atoms with Gasteiger partial charge in [-0.1, -0.05) is 12.1 Å². The third kappa shape index (κ3) is 2.76. The number of fused-ring (bicyclic) bond motifs is 1. The van der Waals surface area contributed by atoms with Crippen LogP contribution in [0.4, 0.5) is 0 Å². The van der Waals surface area contributed by atoms with Crippen LogP contribution < -0.4 is 15.8 Å². The van der Waals surface area contributed by atoms with Crippen molar-refractivity contribution in [2.45, 2.75) is 32.0 Å². The zero-order valence-corrected chi connectivity index (χ0v) is 12.5. The molecule has 2 heterocycles. The molecular weight excluding hydrogens is 266 g/mol. The van der Waals surface area contributed by atoms with Gasteiger partial charge in [-0.3, -0.25) is 9.69 Å². The Bertz CT molecular complexity index is 532. The van der Waals surface area contributed by atoms with Gasteiger partial charge in [0.1, 0.15) is 5.75 Å². The molecule has 0 aromatic heterocycles. The topological polar surface area (TPSA) is 67.6 Å². The van der Waals surface area contributed by atoms with E-state index in [4.69, 9.17) is 10.5 Å². The van der Waals surface area contributed by atoms with Crippen LogP contribution in [0.25, 0.3) is 0 Å². The molecule has 5 heteroatoms. The summed E-state index contributed by atoms with van der Waals surface area (Å²) in [5.41, 5.74) is 7.95. The molecule has 21 heavy (non-hydrogen) atoms. The van der Waals surface area contributed by atoms with E-state index in [-0.39, 0.29) is 11.8 Å². The number of benzene rings is 1. The molecule has 3 rings (SSSR count). The summed E-state index contributed by atoms with van der Waals surface area (Å²) in [6.07, 6.45) is 2.11. The molecule has 1 aromatic rings. The fourth-order valence-corrected chi connectivity index (χ4v) is 3.53. The van der Waals surface area contributed by atoms with E-state index < -0.39 is 0 Å². The van der Waals surface area contributed by atoms with Crippen LogP contribution in [0.2, 0.25) is 0 Å². The van der Waals surface area contributed by atoms with Crippen LogP contribution in [-0.4, -0.2) is 37.0 Å². The first-order valence-electron chi connectivity index (χ1n) is 7.60. The van der Waals surface area contributed by atoms with Gasteiger partial charge in [-0.2, -0.15) is 0 Å². The summed E-state index contributed by atoms with van der Waals surface area (Å²) in [7, 11) is 1.68. The first-order chi connectivity index (χ1) is 10.2. The van der Waals surface area contributed by atoms with Crippen molar-refractivity contribution in [1.82, 2.24) is 10.2 Å². The summed E-state index contributed by atoms with van der Waals surface area (Å²) in [5.74, 6) is 1.24. The molecule has 5 nitrogen and oxygen atoms in total. The molecule has 2 saturated heterocycles. The predicted octanol–water partition coefficient (Wildman–Crippen LogP) is 0.864. The Labute approximate surface area is 125 Å². The molecule has 2 aliphatic rings. The van der Waals surface area contributed by atoms with Gasteiger partial charge in [0.25, 0.3) is 0 Å². The van der Waals surface area contributed by atoms with Crippen molar-refractivity contribution in [2.75, 3.05) is 20.2 Å². The van der Waals surface area contributed by atoms with Gasteiger partial charge in [0, 0.05) is 31.2 Å². The molecular formula is C16H23N3O2. The molecule has 0 spiro atoms. The van der Waals surface area contributed by atoms with Crippen molar-refractivity contribution in [3.63, 3.8) is 0 Å². The Hall–Kier alpha value is -1.59. The minimum Gasteiger partial charge on any atom is -0.496 e. The van der Waals surface area contributed by atoms with Gasteiger partial charge in [0.15, 0.2) is 0 Å². The summed E-state index contributed by atoms with van der Waals surface area (Å²) >= 11 is 0. The van der Waals surface area contributed by atoms with E-state index in [0.29, 0.717) is 12.6 Å². The predicted molar refractivity (Wildman–Crippen MR) is 80.8 cm³/mol. The highest BCUT2D eigenvalue weighted by Crippen LogP contribution is 2.29. The monoisotopic (exact) mass is 289 g/mol. The lowest BCUT2D eigenvalue weighted by Gasteiger charge is -2.36. The Morgan fingerprint density at radius 3 is 3.10 bits per heavy atom. The number of nitrogens with zero attached hydrogens (tertiary/aromatic N) is 1. The number of hydrogen-bond donors (Lipinski definition) is 2. The zero-order chi connectivity index (χ0) is 14.8. The molecule has 3 N–H and O–H groups in total. The summed E-state index contributed by atoms with van der Waals surface area (Å²) in [6.45, 7) is 3.17. The Morgan fingerprint density at radius 2 is 2.33 bits per heavy atom. The molecule has 0 aliphatic carbocycles. The van der Waals surface area contributed by atoms with Crippen molar-refractivity contribution in [3.8, 4) is 5.75 Å². The maximum absolute atomic E-state index is 11.8. The average molecular weight is 289 g/mol. The fourth-order valence-electron chi connectivity index (χ4n) is 3.53. The van der Waals surface area contributed by atoms with E-state index in [9.17, 15) is 4.79 Å². The minimum atomic E-state index is 0.170. The lowest BCUT2D eigenvalue weighted by molar-refractivity contribution is -0.124. The van der Waals surface area contributed by atoms with E-state index in [1.54, 1.807) is 7.11 Å². The first kappa shape index (κ1) is 14.4. The van der Waals surface area contributed by atoms with Gasteiger partial charge < -0.3 is 15.8 Å². The molecule has 2 aliphatic heterocycles. The minimum absolute atomic E-state index is 0.170. The van der Waals surface area contributed by atoms with E-state index in [0.717, 1.165) is 43.8 Å². The highest BCUT2D eigenvalue weighted by atomic mass is 16.5. The summed E-state index contributed by atoms with van der Waals surface area (Å²) in [4.78, 5) is 14.2. The second kappa shape index (κ2) is 6.03. The van der Waals surface area contributed by atoms with Crippen LogP contribution in [0.15, 0.2) is 18.2 Å². The second-order valence-electron chi connectivity index (χ2n) is 5.88. The van der Waals surface area contributed by atoms with Crippen LogP contribution >= 0.6 is 0 Å². The Kier molecular flexibility index (Phi) is 4.12. The largest absolute Gasteiger partial charge is 0.496 e. The van der Waals surface area contributed by atoms with Crippen molar-refractivity contribution in [3.05, 3.63) is 29.3 Å². The van der Waals surface area contributed by atoms with Gasteiger partial charge in [-0.05, 0) is 31.0 Å². The zero-order valence-electron chi connectivity index (χ0n) is 12.5. The second-order valence-corrected chi connectivity index (χ2v) is 5.88. The summed E-state index contributed by atoms with van der Waals surface area (Å²) in [5, 5.41) is 3.00. The number of likely N-dealkylation sites (tertiary alicyclic amines) is 1. The number of hydrogen-bond acceptors (Lipinski definition) is 4. The van der Waals surface area contributed by atoms with Crippen LogP contribution in [-0.2, 0) is 17.9 Å². The summed E-state index contributed by atoms with van der Waals surface area (Å²) in [6, 6.07) is 6.55. The number of nitrogens with one attached hydrogen (secondary N) is 1. The average Bonchev–Trinajstić information content (AvgIpc) is 2.90. The highest BCUT2D eigenvalue weighted by molar-refractivity contribution is 5.82. The van der Waals surface area contributed by atoms with Gasteiger partial charge in [-0.25, -0.2) is 0 Å². The maximum Gasteiger partial charge on any atom is 0.224 e. The van der Waals surface area contributed by atoms with Crippen LogP contribution in [0.5, 0.6) is 5.75 Å². The smallest absolute Gasteiger partial charge is 0.224 e. The quantitative estimate of drug-likeness (QED) is 0.863. The molecule has 2 fully saturated rings. The number of nitrogens with two attached hydrogens (primary N) is 1. The number of carbonyl (C=O) groups excluding carboxylic acids is 1. The van der Waals surface area contributed by atoms with Crippen LogP contribution in [0, 0.1) is 5.92 Å². The molecule has 114 valence electrons. The standard InChI is InChI=1S/C16H23N3O2/c1-21-15-7-11(4-5-12(15)8-17)10-19-6-2-3-13-14(19)9-18-16(13)20/h4-5,7,13-14H,2-3,6,8-10,17H2,1H3,(H,18,20). The molecule has 0 bridgehead atoms. The van der Waals surface area contributed by atoms with Crippen molar-refractivity contribution < 1.29 is 9.53 Å². The molecule has 1 aromatic carbocycles. The molecule has 1 amide bonds. The molecule has 2 unspecified atom stereocenters. The van der Waals surface area contributed by atoms with Gasteiger partial charge in [-0.15, -0.1) is 0 Å². The number of amides is 1. The number of rotatable bonds is 4. The van der Waals surface area contributed by atoms with Crippen LogP contribution in [0.1, 0.15) is 24.0 Å². The lowest BCUT2D eigenvalue weighted by Crippen LogP contribution is -2.44. The van der Waals surface area contributed by atoms with E-state index in [2.05, 4.69) is 22.3 Å². The SMILES string of the molecule is COc1cc(CN2CCCC3C(=O)NCC32)ccc1CN. The van der Waals surface area contributed by atoms with Gasteiger partial charge >= 0.3 is 0 Å². The lowest BCUT2D eigenvalue weighted by atomic mass is 9.91. The first-order valence-corrected chi connectivity index (χ1v) is 7.60. The van der Waals surface area contributed by atoms with Crippen molar-refractivity contribution >= 4 is 5.91 Å². The van der Waals surface area contributed by atoms with E-state index in [1.165, 1.54) is 5.56 Å². The number of ether oxygens (including phenoxy) is 1. The van der Waals surface area contributed by atoms with Gasteiger partial charge in [0.05, 0.1) is 13.0 Å². The number of carbonyl (C=O) groups is 1. The van der Waals surface area contributed by atoms with E-state index in [1.807, 2.05) is 6.07 Å². The van der Waals surface area contributed by atoms with E-state index >= 15 is 0 Å². The third-order valence-corrected chi connectivity index (χ3v) is 4.67. The number of piperidine rings is 1. The Morgan fingerprint density at radius 1 is 1.48 bits per heavy atom. The Balaban J connectivity index is 1.75. The number of methoxy groups -OCH3 is 1. The fraction of sp³-hybridized carbons (Fsp3) is 0.562. The third-order valence-electron chi connectivity index (χ3n) is 4.67. The normalized spacial score (nSPS) is 25.5. The van der Waals surface area contributed by atoms with Gasteiger partial charge in [0.2, 0.25) is 5.91 Å². The van der Waals surface area contributed by atoms with Crippen LogP contribution in [0.3, 0.4) is 0 Å². The maximum atomic E-state index is 11.8. The summed E-state index contributed by atoms with van der Waals surface area (Å²) < 4.78 is 5.40. The molecule has 0 radical (unpaired) electrons. The van der Waals surface area contributed by atoms with Crippen molar-refractivity contribution in [2.24, 2.45) is 11.7 Å².